The number of carboxylic acid groups (broad SMARTS) is 1. The van der Waals surface area contributed by atoms with Crippen molar-refractivity contribution in [2.24, 2.45) is 0 Å². The molecular formula is C22H17ClN2O4S. The van der Waals surface area contributed by atoms with Crippen LogP contribution in [0.2, 0.25) is 5.02 Å². The number of ether oxygens (including phenoxy) is 1. The summed E-state index contributed by atoms with van der Waals surface area (Å²) in [7, 11) is 0. The topological polar surface area (TPSA) is 87.7 Å². The van der Waals surface area contributed by atoms with E-state index < -0.39 is 11.9 Å². The van der Waals surface area contributed by atoms with E-state index in [1.165, 1.54) is 18.2 Å². The predicted octanol–water partition coefficient (Wildman–Crippen LogP) is 4.74. The molecule has 0 aliphatic carbocycles. The van der Waals surface area contributed by atoms with Crippen LogP contribution in [0.25, 0.3) is 0 Å². The van der Waals surface area contributed by atoms with Gasteiger partial charge in [-0.1, -0.05) is 48.0 Å². The van der Waals surface area contributed by atoms with E-state index in [-0.39, 0.29) is 21.4 Å². The van der Waals surface area contributed by atoms with E-state index in [0.717, 1.165) is 5.56 Å². The number of hydrogen-bond acceptors (Lipinski definition) is 4. The lowest BCUT2D eigenvalue weighted by Gasteiger charge is -2.12. The van der Waals surface area contributed by atoms with Crippen LogP contribution < -0.4 is 15.4 Å². The standard InChI is InChI=1S/C22H17ClN2O4S/c23-18-10-9-16(21(27)28)12-19(18)24-22(30)25-20(26)15-7-4-8-17(11-15)29-13-14-5-2-1-3-6-14/h1-12H,13H2,(H,27,28)(H2,24,25,26,30). The lowest BCUT2D eigenvalue weighted by atomic mass is 10.2. The van der Waals surface area contributed by atoms with Crippen LogP contribution in [-0.2, 0) is 6.61 Å². The Kier molecular flexibility index (Phi) is 7.00. The summed E-state index contributed by atoms with van der Waals surface area (Å²) in [5.74, 6) is -0.997. The van der Waals surface area contributed by atoms with Gasteiger partial charge in [0.15, 0.2) is 5.11 Å². The van der Waals surface area contributed by atoms with E-state index in [2.05, 4.69) is 10.6 Å². The van der Waals surface area contributed by atoms with Crippen LogP contribution in [-0.4, -0.2) is 22.1 Å². The maximum absolute atomic E-state index is 12.5. The highest BCUT2D eigenvalue weighted by Gasteiger charge is 2.12. The van der Waals surface area contributed by atoms with Crippen LogP contribution in [0.4, 0.5) is 5.69 Å². The smallest absolute Gasteiger partial charge is 0.335 e. The van der Waals surface area contributed by atoms with Gasteiger partial charge < -0.3 is 15.2 Å². The van der Waals surface area contributed by atoms with Gasteiger partial charge in [-0.2, -0.15) is 0 Å². The van der Waals surface area contributed by atoms with Crippen LogP contribution in [0.3, 0.4) is 0 Å². The number of rotatable bonds is 6. The Labute approximate surface area is 183 Å². The van der Waals surface area contributed by atoms with Crippen LogP contribution in [0, 0.1) is 0 Å². The number of halogens is 1. The predicted molar refractivity (Wildman–Crippen MR) is 119 cm³/mol. The fraction of sp³-hybridized carbons (Fsp3) is 0.0455. The molecule has 8 heteroatoms. The minimum atomic E-state index is -1.10. The molecule has 0 fully saturated rings. The number of amides is 1. The van der Waals surface area contributed by atoms with Crippen molar-refractivity contribution in [3.8, 4) is 5.75 Å². The summed E-state index contributed by atoms with van der Waals surface area (Å²) in [4.78, 5) is 23.6. The van der Waals surface area contributed by atoms with E-state index >= 15 is 0 Å². The lowest BCUT2D eigenvalue weighted by Crippen LogP contribution is -2.34. The van der Waals surface area contributed by atoms with Crippen molar-refractivity contribution < 1.29 is 19.4 Å². The van der Waals surface area contributed by atoms with E-state index in [1.54, 1.807) is 24.3 Å². The van der Waals surface area contributed by atoms with Gasteiger partial charge in [-0.3, -0.25) is 10.1 Å². The highest BCUT2D eigenvalue weighted by Crippen LogP contribution is 2.23. The second-order valence-electron chi connectivity index (χ2n) is 6.21. The fourth-order valence-corrected chi connectivity index (χ4v) is 2.92. The molecule has 3 aromatic rings. The molecule has 0 atom stereocenters. The van der Waals surface area contributed by atoms with E-state index in [4.69, 9.17) is 33.7 Å². The summed E-state index contributed by atoms with van der Waals surface area (Å²) in [6.45, 7) is 0.379. The van der Waals surface area contributed by atoms with Gasteiger partial charge in [0, 0.05) is 5.56 Å². The number of carboxylic acids is 1. The maximum Gasteiger partial charge on any atom is 0.335 e. The quantitative estimate of drug-likeness (QED) is 0.480. The van der Waals surface area contributed by atoms with Crippen molar-refractivity contribution in [1.29, 1.82) is 0 Å². The van der Waals surface area contributed by atoms with E-state index in [1.807, 2.05) is 30.3 Å². The van der Waals surface area contributed by atoms with Gasteiger partial charge in [0.05, 0.1) is 16.3 Å². The molecule has 0 bridgehead atoms. The van der Waals surface area contributed by atoms with Gasteiger partial charge in [0.1, 0.15) is 12.4 Å². The molecule has 30 heavy (non-hydrogen) atoms. The van der Waals surface area contributed by atoms with Gasteiger partial charge in [-0.05, 0) is 54.2 Å². The zero-order chi connectivity index (χ0) is 21.5. The Morgan fingerprint density at radius 3 is 2.47 bits per heavy atom. The second-order valence-corrected chi connectivity index (χ2v) is 7.03. The third-order valence-corrected chi connectivity index (χ3v) is 4.57. The Morgan fingerprint density at radius 1 is 0.967 bits per heavy atom. The first kappa shape index (κ1) is 21.3. The normalized spacial score (nSPS) is 10.2. The molecule has 3 rings (SSSR count). The first-order chi connectivity index (χ1) is 14.4. The summed E-state index contributed by atoms with van der Waals surface area (Å²) >= 11 is 11.2. The van der Waals surface area contributed by atoms with Crippen molar-refractivity contribution >= 4 is 46.5 Å². The average Bonchev–Trinajstić information content (AvgIpc) is 2.74. The molecule has 0 unspecified atom stereocenters. The monoisotopic (exact) mass is 440 g/mol. The summed E-state index contributed by atoms with van der Waals surface area (Å²) in [5.41, 5.74) is 1.69. The minimum absolute atomic E-state index is 0.0138. The highest BCUT2D eigenvalue weighted by atomic mass is 35.5. The fourth-order valence-electron chi connectivity index (χ4n) is 2.55. The summed E-state index contributed by atoms with van der Waals surface area (Å²) in [6.07, 6.45) is 0. The number of hydrogen-bond donors (Lipinski definition) is 3. The van der Waals surface area contributed by atoms with E-state index in [9.17, 15) is 9.59 Å². The zero-order valence-electron chi connectivity index (χ0n) is 15.6. The molecule has 0 saturated carbocycles. The summed E-state index contributed by atoms with van der Waals surface area (Å²) in [5, 5.41) is 14.6. The number of benzene rings is 3. The van der Waals surface area contributed by atoms with Crippen molar-refractivity contribution in [3.05, 3.63) is 94.5 Å². The molecule has 152 valence electrons. The zero-order valence-corrected chi connectivity index (χ0v) is 17.2. The number of nitrogens with one attached hydrogen (secondary N) is 2. The first-order valence-electron chi connectivity index (χ1n) is 8.84. The van der Waals surface area contributed by atoms with Crippen molar-refractivity contribution in [1.82, 2.24) is 5.32 Å². The van der Waals surface area contributed by atoms with Crippen LogP contribution in [0.5, 0.6) is 5.75 Å². The number of aromatic carboxylic acids is 1. The third kappa shape index (κ3) is 5.79. The summed E-state index contributed by atoms with van der Waals surface area (Å²) in [6, 6.07) is 20.5. The molecule has 0 heterocycles. The Hall–Kier alpha value is -3.42. The molecule has 6 nitrogen and oxygen atoms in total. The Morgan fingerprint density at radius 2 is 1.73 bits per heavy atom. The van der Waals surface area contributed by atoms with Crippen molar-refractivity contribution in [2.45, 2.75) is 6.61 Å². The number of thiocarbonyl (C=S) groups is 1. The van der Waals surface area contributed by atoms with Crippen molar-refractivity contribution in [3.63, 3.8) is 0 Å². The van der Waals surface area contributed by atoms with Gasteiger partial charge in [-0.25, -0.2) is 4.79 Å². The average molecular weight is 441 g/mol. The number of carbonyl (C=O) groups is 2. The molecule has 0 spiro atoms. The van der Waals surface area contributed by atoms with Crippen LogP contribution >= 0.6 is 23.8 Å². The van der Waals surface area contributed by atoms with Gasteiger partial charge in [0.25, 0.3) is 5.91 Å². The molecule has 3 aromatic carbocycles. The van der Waals surface area contributed by atoms with Gasteiger partial charge >= 0.3 is 5.97 Å². The lowest BCUT2D eigenvalue weighted by molar-refractivity contribution is 0.0696. The molecule has 0 radical (unpaired) electrons. The number of anilines is 1. The Balaban J connectivity index is 1.62. The summed E-state index contributed by atoms with van der Waals surface area (Å²) < 4.78 is 5.73. The molecule has 3 N–H and O–H groups in total. The van der Waals surface area contributed by atoms with Crippen molar-refractivity contribution in [2.75, 3.05) is 5.32 Å². The van der Waals surface area contributed by atoms with Crippen LogP contribution in [0.1, 0.15) is 26.3 Å². The Bertz CT molecular complexity index is 1090. The molecule has 0 aromatic heterocycles. The molecule has 0 aliphatic heterocycles. The first-order valence-corrected chi connectivity index (χ1v) is 9.63. The largest absolute Gasteiger partial charge is 0.489 e. The minimum Gasteiger partial charge on any atom is -0.489 e. The highest BCUT2D eigenvalue weighted by molar-refractivity contribution is 7.80. The SMILES string of the molecule is O=C(O)c1ccc(Cl)c(NC(=S)NC(=O)c2cccc(OCc3ccccc3)c2)c1. The van der Waals surface area contributed by atoms with Crippen LogP contribution in [0.15, 0.2) is 72.8 Å². The molecular weight excluding hydrogens is 424 g/mol. The van der Waals surface area contributed by atoms with Gasteiger partial charge in [-0.15, -0.1) is 0 Å². The maximum atomic E-state index is 12.5. The second kappa shape index (κ2) is 9.87. The molecule has 1 amide bonds. The third-order valence-electron chi connectivity index (χ3n) is 4.03. The molecule has 0 saturated heterocycles. The van der Waals surface area contributed by atoms with E-state index in [0.29, 0.717) is 17.9 Å². The van der Waals surface area contributed by atoms with Gasteiger partial charge in [0.2, 0.25) is 0 Å². The number of carbonyl (C=O) groups excluding carboxylic acids is 1. The molecule has 0 aliphatic rings.